The zero-order valence-electron chi connectivity index (χ0n) is 9.06. The van der Waals surface area contributed by atoms with E-state index in [-0.39, 0.29) is 6.54 Å². The lowest BCUT2D eigenvalue weighted by atomic mass is 10.2. The third-order valence-corrected chi connectivity index (χ3v) is 3.62. The van der Waals surface area contributed by atoms with E-state index in [4.69, 9.17) is 0 Å². The largest absolute Gasteiger partial charge is 0.403 e. The third-order valence-electron chi connectivity index (χ3n) is 2.55. The molecular weight excluding hydrogens is 244 g/mol. The monoisotopic (exact) mass is 260 g/mol. The summed E-state index contributed by atoms with van der Waals surface area (Å²) in [4.78, 5) is 1.73. The minimum atomic E-state index is -4.47. The van der Waals surface area contributed by atoms with E-state index in [2.05, 4.69) is 5.32 Å². The van der Waals surface area contributed by atoms with Crippen LogP contribution in [0, 0.1) is 0 Å². The van der Waals surface area contributed by atoms with Gasteiger partial charge in [0.1, 0.15) is 11.4 Å². The molecule has 0 radical (unpaired) electrons. The lowest BCUT2D eigenvalue weighted by molar-refractivity contribution is -0.141. The van der Waals surface area contributed by atoms with E-state index in [1.807, 2.05) is 0 Å². The van der Waals surface area contributed by atoms with Gasteiger partial charge in [-0.05, 0) is 6.26 Å². The number of halogens is 4. The fraction of sp³-hybridized carbons (Fsp3) is 1.00. The van der Waals surface area contributed by atoms with Crippen LogP contribution in [-0.2, 0) is 0 Å². The number of rotatable bonds is 4. The van der Waals surface area contributed by atoms with E-state index < -0.39 is 17.6 Å². The van der Waals surface area contributed by atoms with Crippen LogP contribution in [0.15, 0.2) is 0 Å². The molecule has 0 aromatic rings. The molecule has 0 amide bonds. The predicted octanol–water partition coefficient (Wildman–Crippen LogP) is 1.52. The summed E-state index contributed by atoms with van der Waals surface area (Å²) in [7, 11) is 0. The van der Waals surface area contributed by atoms with Crippen molar-refractivity contribution in [2.24, 2.45) is 0 Å². The van der Waals surface area contributed by atoms with E-state index in [1.165, 1.54) is 6.26 Å². The van der Waals surface area contributed by atoms with Crippen LogP contribution >= 0.6 is 11.8 Å². The van der Waals surface area contributed by atoms with Gasteiger partial charge in [-0.15, -0.1) is 11.8 Å². The standard InChI is InChI=1S/C9H16F4N2S/c1-16-8(9(11,12)13)7(10)6-15-4-2-14-3-5-15/h7-8,14H,2-6H2,1H3. The van der Waals surface area contributed by atoms with E-state index in [0.717, 1.165) is 0 Å². The Morgan fingerprint density at radius 2 is 1.88 bits per heavy atom. The number of alkyl halides is 4. The third kappa shape index (κ3) is 4.10. The molecule has 0 aromatic carbocycles. The molecule has 1 saturated heterocycles. The van der Waals surface area contributed by atoms with Crippen molar-refractivity contribution in [3.8, 4) is 0 Å². The molecular formula is C9H16F4N2S. The average molecular weight is 260 g/mol. The Bertz CT molecular complexity index is 206. The van der Waals surface area contributed by atoms with Crippen LogP contribution in [0.25, 0.3) is 0 Å². The Morgan fingerprint density at radius 1 is 1.31 bits per heavy atom. The van der Waals surface area contributed by atoms with Gasteiger partial charge in [-0.25, -0.2) is 4.39 Å². The minimum Gasteiger partial charge on any atom is -0.314 e. The highest BCUT2D eigenvalue weighted by atomic mass is 32.2. The van der Waals surface area contributed by atoms with E-state index in [0.29, 0.717) is 37.9 Å². The molecule has 2 nitrogen and oxygen atoms in total. The number of piperazine rings is 1. The molecule has 1 aliphatic rings. The average Bonchev–Trinajstić information content (AvgIpc) is 2.17. The van der Waals surface area contributed by atoms with Crippen molar-refractivity contribution in [3.63, 3.8) is 0 Å². The number of hydrogen-bond donors (Lipinski definition) is 1. The molecule has 0 saturated carbocycles. The Labute approximate surface area is 96.7 Å². The van der Waals surface area contributed by atoms with Crippen LogP contribution in [0.3, 0.4) is 0 Å². The number of thioether (sulfide) groups is 1. The van der Waals surface area contributed by atoms with Crippen molar-refractivity contribution < 1.29 is 17.6 Å². The molecule has 1 aliphatic heterocycles. The summed E-state index contributed by atoms with van der Waals surface area (Å²) in [5.74, 6) is 0. The SMILES string of the molecule is CSC(C(F)CN1CCNCC1)C(F)(F)F. The van der Waals surface area contributed by atoms with Crippen LogP contribution in [0.5, 0.6) is 0 Å². The molecule has 16 heavy (non-hydrogen) atoms. The van der Waals surface area contributed by atoms with E-state index in [9.17, 15) is 17.6 Å². The van der Waals surface area contributed by atoms with Crippen LogP contribution in [0.2, 0.25) is 0 Å². The molecule has 2 atom stereocenters. The molecule has 1 N–H and O–H groups in total. The summed E-state index contributed by atoms with van der Waals surface area (Å²) in [6.45, 7) is 2.51. The zero-order valence-corrected chi connectivity index (χ0v) is 9.87. The van der Waals surface area contributed by atoms with Crippen LogP contribution in [0.1, 0.15) is 0 Å². The van der Waals surface area contributed by atoms with E-state index >= 15 is 0 Å². The van der Waals surface area contributed by atoms with Crippen molar-refractivity contribution in [2.75, 3.05) is 39.0 Å². The maximum atomic E-state index is 13.5. The molecule has 0 aliphatic carbocycles. The van der Waals surface area contributed by atoms with Crippen molar-refractivity contribution in [3.05, 3.63) is 0 Å². The highest BCUT2D eigenvalue weighted by molar-refractivity contribution is 7.99. The Kier molecular flexibility index (Phi) is 5.33. The number of nitrogens with one attached hydrogen (secondary N) is 1. The molecule has 1 fully saturated rings. The fourth-order valence-corrected chi connectivity index (χ4v) is 2.37. The molecule has 0 spiro atoms. The molecule has 1 rings (SSSR count). The highest BCUT2D eigenvalue weighted by Crippen LogP contribution is 2.33. The Balaban J connectivity index is 2.45. The zero-order chi connectivity index (χ0) is 12.2. The van der Waals surface area contributed by atoms with Crippen LogP contribution in [-0.4, -0.2) is 61.5 Å². The molecule has 0 aromatic heterocycles. The summed E-state index contributed by atoms with van der Waals surface area (Å²) < 4.78 is 50.8. The summed E-state index contributed by atoms with van der Waals surface area (Å²) in [5, 5.41) is 1.16. The fourth-order valence-electron chi connectivity index (χ4n) is 1.72. The molecule has 96 valence electrons. The van der Waals surface area contributed by atoms with Crippen LogP contribution < -0.4 is 5.32 Å². The van der Waals surface area contributed by atoms with Crippen molar-refractivity contribution >= 4 is 11.8 Å². The second-order valence-corrected chi connectivity index (χ2v) is 4.74. The molecule has 2 unspecified atom stereocenters. The summed E-state index contributed by atoms with van der Waals surface area (Å²) in [6.07, 6.45) is -5.02. The second kappa shape index (κ2) is 6.07. The van der Waals surface area contributed by atoms with Gasteiger partial charge in [0.25, 0.3) is 0 Å². The maximum absolute atomic E-state index is 13.5. The van der Waals surface area contributed by atoms with Crippen molar-refractivity contribution in [1.29, 1.82) is 0 Å². The highest BCUT2D eigenvalue weighted by Gasteiger charge is 2.45. The van der Waals surface area contributed by atoms with E-state index in [1.54, 1.807) is 4.90 Å². The first kappa shape index (κ1) is 14.1. The van der Waals surface area contributed by atoms with Crippen molar-refractivity contribution in [1.82, 2.24) is 10.2 Å². The van der Waals surface area contributed by atoms with Gasteiger partial charge >= 0.3 is 6.18 Å². The van der Waals surface area contributed by atoms with Gasteiger partial charge in [0.2, 0.25) is 0 Å². The number of hydrogen-bond acceptors (Lipinski definition) is 3. The Morgan fingerprint density at radius 3 is 2.31 bits per heavy atom. The smallest absolute Gasteiger partial charge is 0.314 e. The summed E-state index contributed by atoms with van der Waals surface area (Å²) in [5.41, 5.74) is 0. The van der Waals surface area contributed by atoms with Gasteiger partial charge in [0.15, 0.2) is 0 Å². The Hall–Kier alpha value is -0.0100. The van der Waals surface area contributed by atoms with Gasteiger partial charge in [-0.2, -0.15) is 13.2 Å². The summed E-state index contributed by atoms with van der Waals surface area (Å²) in [6, 6.07) is 0. The number of nitrogens with zero attached hydrogens (tertiary/aromatic N) is 1. The first-order valence-corrected chi connectivity index (χ1v) is 6.40. The van der Waals surface area contributed by atoms with Gasteiger partial charge in [-0.1, -0.05) is 0 Å². The second-order valence-electron chi connectivity index (χ2n) is 3.76. The van der Waals surface area contributed by atoms with Crippen molar-refractivity contribution in [2.45, 2.75) is 17.6 Å². The van der Waals surface area contributed by atoms with Gasteiger partial charge in [-0.3, -0.25) is 4.90 Å². The van der Waals surface area contributed by atoms with Gasteiger partial charge in [0.05, 0.1) is 0 Å². The lowest BCUT2D eigenvalue weighted by Crippen LogP contribution is -2.49. The first-order valence-electron chi connectivity index (χ1n) is 5.12. The molecule has 0 bridgehead atoms. The maximum Gasteiger partial charge on any atom is 0.403 e. The van der Waals surface area contributed by atoms with Gasteiger partial charge in [0, 0.05) is 32.7 Å². The predicted molar refractivity (Wildman–Crippen MR) is 57.6 cm³/mol. The quantitative estimate of drug-likeness (QED) is 0.772. The topological polar surface area (TPSA) is 15.3 Å². The molecule has 1 heterocycles. The first-order chi connectivity index (χ1) is 7.45. The lowest BCUT2D eigenvalue weighted by Gasteiger charge is -2.31. The minimum absolute atomic E-state index is 0.132. The summed E-state index contributed by atoms with van der Waals surface area (Å²) >= 11 is 0.531. The normalized spacial score (nSPS) is 23.1. The van der Waals surface area contributed by atoms with Gasteiger partial charge < -0.3 is 5.32 Å². The van der Waals surface area contributed by atoms with Crippen LogP contribution in [0.4, 0.5) is 17.6 Å². The molecule has 7 heteroatoms.